The highest BCUT2D eigenvalue weighted by molar-refractivity contribution is 5.89. The fourth-order valence-corrected chi connectivity index (χ4v) is 1.44. The first kappa shape index (κ1) is 11.3. The van der Waals surface area contributed by atoms with Gasteiger partial charge in [0.1, 0.15) is 6.10 Å². The zero-order chi connectivity index (χ0) is 12.1. The molecule has 0 amide bonds. The van der Waals surface area contributed by atoms with Crippen molar-refractivity contribution in [1.29, 1.82) is 0 Å². The Balaban J connectivity index is 1.91. The number of hydrogen-bond acceptors (Lipinski definition) is 4. The Labute approximate surface area is 99.1 Å². The molecule has 0 fully saturated rings. The Kier molecular flexibility index (Phi) is 3.49. The number of rotatable bonds is 4. The van der Waals surface area contributed by atoms with Gasteiger partial charge in [-0.1, -0.05) is 0 Å². The maximum Gasteiger partial charge on any atom is 0.340 e. The highest BCUT2D eigenvalue weighted by Gasteiger charge is 2.12. The molecule has 0 saturated carbocycles. The fraction of sp³-hybridized carbons (Fsp3) is 0.250. The molecule has 0 unspecified atom stereocenters. The molecule has 0 bridgehead atoms. The Morgan fingerprint density at radius 2 is 2.35 bits per heavy atom. The molecule has 5 heteroatoms. The van der Waals surface area contributed by atoms with Crippen molar-refractivity contribution in [2.24, 2.45) is 0 Å². The number of aromatic nitrogens is 3. The van der Waals surface area contributed by atoms with Crippen LogP contribution in [0.15, 0.2) is 43.0 Å². The van der Waals surface area contributed by atoms with E-state index in [1.54, 1.807) is 29.2 Å². The van der Waals surface area contributed by atoms with E-state index < -0.39 is 0 Å². The lowest BCUT2D eigenvalue weighted by molar-refractivity contribution is 0.0298. The summed E-state index contributed by atoms with van der Waals surface area (Å²) < 4.78 is 6.99. The first-order chi connectivity index (χ1) is 8.25. The number of pyridine rings is 1. The van der Waals surface area contributed by atoms with Gasteiger partial charge in [0, 0.05) is 24.8 Å². The Morgan fingerprint density at radius 3 is 3.00 bits per heavy atom. The summed E-state index contributed by atoms with van der Waals surface area (Å²) in [7, 11) is 0. The molecule has 5 nitrogen and oxygen atoms in total. The van der Waals surface area contributed by atoms with Gasteiger partial charge in [-0.15, -0.1) is 0 Å². The summed E-state index contributed by atoms with van der Waals surface area (Å²) in [5, 5.41) is 4.05. The molecule has 17 heavy (non-hydrogen) atoms. The van der Waals surface area contributed by atoms with Crippen molar-refractivity contribution in [3.8, 4) is 0 Å². The van der Waals surface area contributed by atoms with Crippen LogP contribution in [0.3, 0.4) is 0 Å². The SMILES string of the molecule is C[C@@H](Cn1cccn1)OC(=O)c1cccnc1. The van der Waals surface area contributed by atoms with Crippen molar-refractivity contribution in [2.45, 2.75) is 19.6 Å². The van der Waals surface area contributed by atoms with Crippen molar-refractivity contribution in [3.63, 3.8) is 0 Å². The largest absolute Gasteiger partial charge is 0.457 e. The van der Waals surface area contributed by atoms with Crippen LogP contribution >= 0.6 is 0 Å². The van der Waals surface area contributed by atoms with E-state index in [9.17, 15) is 4.79 Å². The van der Waals surface area contributed by atoms with Crippen LogP contribution in [0.5, 0.6) is 0 Å². The van der Waals surface area contributed by atoms with Gasteiger partial charge in [-0.05, 0) is 25.1 Å². The van der Waals surface area contributed by atoms with Crippen LogP contribution in [-0.2, 0) is 11.3 Å². The van der Waals surface area contributed by atoms with E-state index in [4.69, 9.17) is 4.74 Å². The second-order valence-electron chi connectivity index (χ2n) is 3.69. The number of carbonyl (C=O) groups excluding carboxylic acids is 1. The molecule has 2 rings (SSSR count). The predicted molar refractivity (Wildman–Crippen MR) is 61.3 cm³/mol. The number of nitrogens with zero attached hydrogens (tertiary/aromatic N) is 3. The second-order valence-corrected chi connectivity index (χ2v) is 3.69. The molecule has 2 aromatic heterocycles. The lowest BCUT2D eigenvalue weighted by Gasteiger charge is -2.12. The van der Waals surface area contributed by atoms with Crippen LogP contribution < -0.4 is 0 Å². The highest BCUT2D eigenvalue weighted by atomic mass is 16.5. The molecule has 0 aromatic carbocycles. The van der Waals surface area contributed by atoms with E-state index in [1.165, 1.54) is 6.20 Å². The van der Waals surface area contributed by atoms with Gasteiger partial charge in [-0.2, -0.15) is 5.10 Å². The van der Waals surface area contributed by atoms with Crippen molar-refractivity contribution in [3.05, 3.63) is 48.5 Å². The highest BCUT2D eigenvalue weighted by Crippen LogP contribution is 2.03. The Morgan fingerprint density at radius 1 is 1.47 bits per heavy atom. The molecule has 0 aliphatic heterocycles. The van der Waals surface area contributed by atoms with Gasteiger partial charge in [0.15, 0.2) is 0 Å². The van der Waals surface area contributed by atoms with Gasteiger partial charge in [-0.3, -0.25) is 9.67 Å². The Hall–Kier alpha value is -2.17. The van der Waals surface area contributed by atoms with Crippen molar-refractivity contribution in [1.82, 2.24) is 14.8 Å². The monoisotopic (exact) mass is 231 g/mol. The van der Waals surface area contributed by atoms with Gasteiger partial charge in [0.05, 0.1) is 12.1 Å². The zero-order valence-corrected chi connectivity index (χ0v) is 9.48. The minimum absolute atomic E-state index is 0.234. The molecule has 2 aromatic rings. The van der Waals surface area contributed by atoms with E-state index in [2.05, 4.69) is 10.1 Å². The van der Waals surface area contributed by atoms with Crippen LogP contribution in [0.4, 0.5) is 0 Å². The minimum Gasteiger partial charge on any atom is -0.457 e. The maximum absolute atomic E-state index is 11.7. The third-order valence-corrected chi connectivity index (χ3v) is 2.21. The van der Waals surface area contributed by atoms with E-state index >= 15 is 0 Å². The van der Waals surface area contributed by atoms with Crippen LogP contribution in [0.25, 0.3) is 0 Å². The third-order valence-electron chi connectivity index (χ3n) is 2.21. The quantitative estimate of drug-likeness (QED) is 0.749. The molecule has 0 aliphatic carbocycles. The predicted octanol–water partition coefficient (Wildman–Crippen LogP) is 1.52. The van der Waals surface area contributed by atoms with Crippen LogP contribution in [0.2, 0.25) is 0 Å². The van der Waals surface area contributed by atoms with Gasteiger partial charge in [0.25, 0.3) is 0 Å². The molecule has 88 valence electrons. The van der Waals surface area contributed by atoms with Gasteiger partial charge in [-0.25, -0.2) is 4.79 Å². The zero-order valence-electron chi connectivity index (χ0n) is 9.48. The molecule has 0 spiro atoms. The summed E-state index contributed by atoms with van der Waals surface area (Å²) >= 11 is 0. The summed E-state index contributed by atoms with van der Waals surface area (Å²) in [5.41, 5.74) is 0.458. The lowest BCUT2D eigenvalue weighted by atomic mass is 10.3. The summed E-state index contributed by atoms with van der Waals surface area (Å²) in [5.74, 6) is -0.363. The smallest absolute Gasteiger partial charge is 0.340 e. The number of carbonyl (C=O) groups is 1. The average Bonchev–Trinajstić information content (AvgIpc) is 2.82. The lowest BCUT2D eigenvalue weighted by Crippen LogP contribution is -2.21. The first-order valence-corrected chi connectivity index (χ1v) is 5.34. The fourth-order valence-electron chi connectivity index (χ4n) is 1.44. The van der Waals surface area contributed by atoms with Crippen molar-refractivity contribution < 1.29 is 9.53 Å². The van der Waals surface area contributed by atoms with E-state index in [0.29, 0.717) is 12.1 Å². The number of esters is 1. The number of ether oxygens (including phenoxy) is 1. The van der Waals surface area contributed by atoms with Crippen LogP contribution in [0.1, 0.15) is 17.3 Å². The molecule has 0 radical (unpaired) electrons. The van der Waals surface area contributed by atoms with Crippen molar-refractivity contribution >= 4 is 5.97 Å². The van der Waals surface area contributed by atoms with Crippen LogP contribution in [0, 0.1) is 0 Å². The Bertz CT molecular complexity index is 468. The molecule has 0 N–H and O–H groups in total. The third kappa shape index (κ3) is 3.14. The summed E-state index contributed by atoms with van der Waals surface area (Å²) in [6.45, 7) is 2.37. The normalized spacial score (nSPS) is 12.1. The molecule has 0 saturated heterocycles. The molecule has 0 aliphatic rings. The molecule has 2 heterocycles. The minimum atomic E-state index is -0.363. The van der Waals surface area contributed by atoms with Gasteiger partial charge >= 0.3 is 5.97 Å². The standard InChI is InChI=1S/C12H13N3O2/c1-10(9-15-7-3-6-14-15)17-12(16)11-4-2-5-13-8-11/h2-8,10H,9H2,1H3/t10-/m0/s1. The van der Waals surface area contributed by atoms with Crippen molar-refractivity contribution in [2.75, 3.05) is 0 Å². The van der Waals surface area contributed by atoms with E-state index in [-0.39, 0.29) is 12.1 Å². The number of hydrogen-bond donors (Lipinski definition) is 0. The van der Waals surface area contributed by atoms with Gasteiger partial charge in [0.2, 0.25) is 0 Å². The summed E-state index contributed by atoms with van der Waals surface area (Å²) in [6.07, 6.45) is 6.39. The van der Waals surface area contributed by atoms with E-state index in [1.807, 2.05) is 19.2 Å². The topological polar surface area (TPSA) is 57.0 Å². The molecular weight excluding hydrogens is 218 g/mol. The van der Waals surface area contributed by atoms with E-state index in [0.717, 1.165) is 0 Å². The molecular formula is C12H13N3O2. The maximum atomic E-state index is 11.7. The summed E-state index contributed by atoms with van der Waals surface area (Å²) in [6, 6.07) is 5.21. The second kappa shape index (κ2) is 5.25. The van der Waals surface area contributed by atoms with Gasteiger partial charge < -0.3 is 4.74 Å². The van der Waals surface area contributed by atoms with Crippen LogP contribution in [-0.4, -0.2) is 26.8 Å². The first-order valence-electron chi connectivity index (χ1n) is 5.34. The summed E-state index contributed by atoms with van der Waals surface area (Å²) in [4.78, 5) is 15.6. The molecule has 1 atom stereocenters. The average molecular weight is 231 g/mol.